The minimum Gasteiger partial charge on any atom is -0.495 e. The number of ether oxygens (including phenoxy) is 1. The van der Waals surface area contributed by atoms with Crippen molar-refractivity contribution < 1.29 is 4.74 Å². The lowest BCUT2D eigenvalue weighted by Crippen LogP contribution is -2.19. The molecule has 0 amide bonds. The lowest BCUT2D eigenvalue weighted by atomic mass is 10.2. The van der Waals surface area contributed by atoms with Gasteiger partial charge in [0.1, 0.15) is 5.75 Å². The van der Waals surface area contributed by atoms with E-state index in [-0.39, 0.29) is 0 Å². The van der Waals surface area contributed by atoms with E-state index in [2.05, 4.69) is 11.9 Å². The summed E-state index contributed by atoms with van der Waals surface area (Å²) in [5, 5.41) is 0. The van der Waals surface area contributed by atoms with Gasteiger partial charge in [0.2, 0.25) is 0 Å². The first-order chi connectivity index (χ1) is 7.20. The molecule has 1 aromatic carbocycles. The van der Waals surface area contributed by atoms with Crippen molar-refractivity contribution in [2.24, 2.45) is 5.92 Å². The molecule has 0 aliphatic heterocycles. The van der Waals surface area contributed by atoms with Crippen molar-refractivity contribution in [1.82, 2.24) is 0 Å². The van der Waals surface area contributed by atoms with Crippen LogP contribution < -0.4 is 15.4 Å². The molecule has 15 heavy (non-hydrogen) atoms. The third-order valence-electron chi connectivity index (χ3n) is 2.89. The Labute approximate surface area is 90.8 Å². The normalized spacial score (nSPS) is 15.1. The summed E-state index contributed by atoms with van der Waals surface area (Å²) in [6.07, 6.45) is 2.74. The molecule has 0 saturated heterocycles. The maximum absolute atomic E-state index is 5.77. The van der Waals surface area contributed by atoms with Crippen molar-refractivity contribution in [2.75, 3.05) is 31.3 Å². The zero-order valence-corrected chi connectivity index (χ0v) is 9.36. The van der Waals surface area contributed by atoms with E-state index in [0.717, 1.165) is 18.2 Å². The van der Waals surface area contributed by atoms with Crippen LogP contribution in [0.15, 0.2) is 18.2 Å². The molecule has 2 rings (SSSR count). The second kappa shape index (κ2) is 4.01. The number of anilines is 2. The zero-order valence-electron chi connectivity index (χ0n) is 9.36. The van der Waals surface area contributed by atoms with Crippen LogP contribution in [-0.2, 0) is 0 Å². The Morgan fingerprint density at radius 1 is 1.47 bits per heavy atom. The minimum absolute atomic E-state index is 0.695. The molecule has 0 spiro atoms. The first-order valence-corrected chi connectivity index (χ1v) is 5.35. The lowest BCUT2D eigenvalue weighted by molar-refractivity contribution is 0.417. The SMILES string of the molecule is COc1cc(N(C)CC2CC2)ccc1N. The van der Waals surface area contributed by atoms with Crippen molar-refractivity contribution in [3.8, 4) is 5.75 Å². The number of benzene rings is 1. The Bertz CT molecular complexity index is 347. The fourth-order valence-corrected chi connectivity index (χ4v) is 1.73. The number of nitrogen functional groups attached to an aromatic ring is 1. The van der Waals surface area contributed by atoms with Gasteiger partial charge in [-0.3, -0.25) is 0 Å². The van der Waals surface area contributed by atoms with E-state index in [1.165, 1.54) is 18.5 Å². The summed E-state index contributed by atoms with van der Waals surface area (Å²) < 4.78 is 5.20. The maximum Gasteiger partial charge on any atom is 0.143 e. The maximum atomic E-state index is 5.77. The summed E-state index contributed by atoms with van der Waals surface area (Å²) in [7, 11) is 3.76. The largest absolute Gasteiger partial charge is 0.495 e. The third-order valence-corrected chi connectivity index (χ3v) is 2.89. The zero-order chi connectivity index (χ0) is 10.8. The fourth-order valence-electron chi connectivity index (χ4n) is 1.73. The predicted octanol–water partition coefficient (Wildman–Crippen LogP) is 2.12. The summed E-state index contributed by atoms with van der Waals surface area (Å²) in [4.78, 5) is 2.26. The van der Waals surface area contributed by atoms with Gasteiger partial charge in [-0.15, -0.1) is 0 Å². The molecule has 0 unspecified atom stereocenters. The van der Waals surface area contributed by atoms with E-state index in [9.17, 15) is 0 Å². The molecular weight excluding hydrogens is 188 g/mol. The van der Waals surface area contributed by atoms with E-state index in [1.54, 1.807) is 7.11 Å². The average Bonchev–Trinajstić information content (AvgIpc) is 3.02. The molecule has 82 valence electrons. The van der Waals surface area contributed by atoms with Crippen LogP contribution in [0.1, 0.15) is 12.8 Å². The number of hydrogen-bond donors (Lipinski definition) is 1. The van der Waals surface area contributed by atoms with Crippen molar-refractivity contribution >= 4 is 11.4 Å². The Kier molecular flexibility index (Phi) is 2.71. The van der Waals surface area contributed by atoms with Crippen molar-refractivity contribution in [2.45, 2.75) is 12.8 Å². The first-order valence-electron chi connectivity index (χ1n) is 5.35. The Balaban J connectivity index is 2.12. The van der Waals surface area contributed by atoms with Gasteiger partial charge < -0.3 is 15.4 Å². The van der Waals surface area contributed by atoms with Gasteiger partial charge in [-0.25, -0.2) is 0 Å². The van der Waals surface area contributed by atoms with Gasteiger partial charge >= 0.3 is 0 Å². The van der Waals surface area contributed by atoms with Gasteiger partial charge in [-0.1, -0.05) is 0 Å². The van der Waals surface area contributed by atoms with Crippen LogP contribution in [0.25, 0.3) is 0 Å². The van der Waals surface area contributed by atoms with Gasteiger partial charge in [0, 0.05) is 25.3 Å². The van der Waals surface area contributed by atoms with Crippen LogP contribution in [-0.4, -0.2) is 20.7 Å². The van der Waals surface area contributed by atoms with Crippen molar-refractivity contribution in [3.05, 3.63) is 18.2 Å². The molecule has 1 aliphatic carbocycles. The van der Waals surface area contributed by atoms with Crippen LogP contribution in [0.2, 0.25) is 0 Å². The molecule has 0 atom stereocenters. The highest BCUT2D eigenvalue weighted by atomic mass is 16.5. The number of nitrogens with zero attached hydrogens (tertiary/aromatic N) is 1. The monoisotopic (exact) mass is 206 g/mol. The number of rotatable bonds is 4. The second-order valence-electron chi connectivity index (χ2n) is 4.25. The molecule has 0 heterocycles. The summed E-state index contributed by atoms with van der Waals surface area (Å²) >= 11 is 0. The Morgan fingerprint density at radius 3 is 2.80 bits per heavy atom. The molecule has 1 aliphatic rings. The van der Waals surface area contributed by atoms with Crippen LogP contribution >= 0.6 is 0 Å². The fraction of sp³-hybridized carbons (Fsp3) is 0.500. The smallest absolute Gasteiger partial charge is 0.143 e. The third kappa shape index (κ3) is 2.35. The van der Waals surface area contributed by atoms with Gasteiger partial charge in [0.25, 0.3) is 0 Å². The van der Waals surface area contributed by atoms with Crippen molar-refractivity contribution in [1.29, 1.82) is 0 Å². The highest BCUT2D eigenvalue weighted by Gasteiger charge is 2.23. The molecule has 3 heteroatoms. The first kappa shape index (κ1) is 10.1. The van der Waals surface area contributed by atoms with Gasteiger partial charge in [-0.2, -0.15) is 0 Å². The van der Waals surface area contributed by atoms with Crippen molar-refractivity contribution in [3.63, 3.8) is 0 Å². The Morgan fingerprint density at radius 2 is 2.20 bits per heavy atom. The van der Waals surface area contributed by atoms with E-state index in [0.29, 0.717) is 5.69 Å². The number of hydrogen-bond acceptors (Lipinski definition) is 3. The molecule has 2 N–H and O–H groups in total. The summed E-state index contributed by atoms with van der Waals surface area (Å²) in [6.45, 7) is 1.13. The minimum atomic E-state index is 0.695. The summed E-state index contributed by atoms with van der Waals surface area (Å²) in [6, 6.07) is 5.94. The molecule has 3 nitrogen and oxygen atoms in total. The summed E-state index contributed by atoms with van der Waals surface area (Å²) in [5.41, 5.74) is 7.64. The second-order valence-corrected chi connectivity index (χ2v) is 4.25. The molecular formula is C12H18N2O. The highest BCUT2D eigenvalue weighted by Crippen LogP contribution is 2.32. The molecule has 0 radical (unpaired) electrons. The van der Waals surface area contributed by atoms with Crippen LogP contribution in [0.5, 0.6) is 5.75 Å². The van der Waals surface area contributed by atoms with E-state index in [4.69, 9.17) is 10.5 Å². The molecule has 0 bridgehead atoms. The highest BCUT2D eigenvalue weighted by molar-refractivity contribution is 5.62. The van der Waals surface area contributed by atoms with Crippen LogP contribution in [0.4, 0.5) is 11.4 Å². The molecule has 1 saturated carbocycles. The summed E-state index contributed by atoms with van der Waals surface area (Å²) in [5.74, 6) is 1.65. The topological polar surface area (TPSA) is 38.5 Å². The number of nitrogens with two attached hydrogens (primary N) is 1. The quantitative estimate of drug-likeness (QED) is 0.767. The standard InChI is InChI=1S/C12H18N2O/c1-14(8-9-3-4-9)10-5-6-11(13)12(7-10)15-2/h5-7,9H,3-4,8,13H2,1-2H3. The van der Waals surface area contributed by atoms with E-state index >= 15 is 0 Å². The molecule has 1 aromatic rings. The average molecular weight is 206 g/mol. The van der Waals surface area contributed by atoms with Gasteiger partial charge in [0.05, 0.1) is 12.8 Å². The molecule has 0 aromatic heterocycles. The van der Waals surface area contributed by atoms with E-state index < -0.39 is 0 Å². The Hall–Kier alpha value is -1.38. The van der Waals surface area contributed by atoms with Crippen LogP contribution in [0.3, 0.4) is 0 Å². The van der Waals surface area contributed by atoms with Crippen LogP contribution in [0, 0.1) is 5.92 Å². The van der Waals surface area contributed by atoms with Gasteiger partial charge in [0.15, 0.2) is 0 Å². The van der Waals surface area contributed by atoms with E-state index in [1.807, 2.05) is 18.2 Å². The number of methoxy groups -OCH3 is 1. The van der Waals surface area contributed by atoms with Gasteiger partial charge in [-0.05, 0) is 30.9 Å². The lowest BCUT2D eigenvalue weighted by Gasteiger charge is -2.20. The predicted molar refractivity (Wildman–Crippen MR) is 63.4 cm³/mol. The molecule has 1 fully saturated rings.